The van der Waals surface area contributed by atoms with Crippen molar-refractivity contribution in [2.75, 3.05) is 7.11 Å². The molecule has 26 heavy (non-hydrogen) atoms. The van der Waals surface area contributed by atoms with Crippen molar-refractivity contribution in [1.82, 2.24) is 0 Å². The number of unbranched alkanes of at least 4 members (excludes halogenated alkanes) is 5. The van der Waals surface area contributed by atoms with Crippen molar-refractivity contribution >= 4 is 5.97 Å². The molecule has 0 aromatic heterocycles. The predicted molar refractivity (Wildman–Crippen MR) is 102 cm³/mol. The Morgan fingerprint density at radius 1 is 1.04 bits per heavy atom. The van der Waals surface area contributed by atoms with Crippen LogP contribution in [0.15, 0.2) is 36.5 Å². The Morgan fingerprint density at radius 2 is 1.69 bits per heavy atom. The molecule has 0 aliphatic rings. The van der Waals surface area contributed by atoms with Crippen LogP contribution in [0.3, 0.4) is 0 Å². The maximum atomic E-state index is 13.5. The number of ether oxygens (including phenoxy) is 1. The number of alkyl halides is 2. The molecule has 0 aromatic rings. The highest BCUT2D eigenvalue weighted by atomic mass is 19.3. The topological polar surface area (TPSA) is 46.5 Å². The van der Waals surface area contributed by atoms with Gasteiger partial charge in [0.05, 0.1) is 13.2 Å². The Labute approximate surface area is 156 Å². The highest BCUT2D eigenvalue weighted by Crippen LogP contribution is 2.23. The fourth-order valence-electron chi connectivity index (χ4n) is 2.40. The molecular formula is C21H34F2O3. The normalized spacial score (nSPS) is 13.9. The summed E-state index contributed by atoms with van der Waals surface area (Å²) in [6.45, 7) is 2.18. The summed E-state index contributed by atoms with van der Waals surface area (Å²) >= 11 is 0. The van der Waals surface area contributed by atoms with Crippen LogP contribution in [0.5, 0.6) is 0 Å². The smallest absolute Gasteiger partial charge is 0.305 e. The van der Waals surface area contributed by atoms with Crippen molar-refractivity contribution in [3.05, 3.63) is 36.5 Å². The van der Waals surface area contributed by atoms with E-state index in [1.54, 1.807) is 18.2 Å². The van der Waals surface area contributed by atoms with Crippen LogP contribution in [0.25, 0.3) is 0 Å². The van der Waals surface area contributed by atoms with Gasteiger partial charge in [0.25, 0.3) is 5.92 Å². The van der Waals surface area contributed by atoms with E-state index in [-0.39, 0.29) is 19.3 Å². The van der Waals surface area contributed by atoms with E-state index in [0.29, 0.717) is 0 Å². The quantitative estimate of drug-likeness (QED) is 0.226. The van der Waals surface area contributed by atoms with Gasteiger partial charge in [-0.15, -0.1) is 0 Å². The third kappa shape index (κ3) is 16.0. The average molecular weight is 372 g/mol. The number of aliphatic hydroxyl groups is 1. The standard InChI is InChI=1S/C21H34F2O3/c1-3-4-5-6-7-10-14-19(24)15-11-8-9-12-17-21(22,23)18-13-16-20(25)26-2/h8-9,11-12,15,17,19,24H,3-7,10,13-14,16,18H2,1-2H3/b9-8+,15-11+,17-12-. The molecule has 1 unspecified atom stereocenters. The first kappa shape index (κ1) is 24.5. The molecule has 0 rings (SSSR count). The zero-order valence-electron chi connectivity index (χ0n) is 16.1. The lowest BCUT2D eigenvalue weighted by molar-refractivity contribution is -0.140. The SMILES string of the molecule is CCCCCCCCC(O)/C=C/C=C/C=C\C(F)(F)CCCC(=O)OC. The zero-order chi connectivity index (χ0) is 19.7. The molecule has 0 aliphatic carbocycles. The summed E-state index contributed by atoms with van der Waals surface area (Å²) in [7, 11) is 1.24. The van der Waals surface area contributed by atoms with Crippen molar-refractivity contribution in [3.8, 4) is 0 Å². The molecule has 0 heterocycles. The van der Waals surface area contributed by atoms with E-state index in [9.17, 15) is 18.7 Å². The molecule has 0 saturated heterocycles. The molecule has 0 aromatic carbocycles. The number of allylic oxidation sites excluding steroid dienone is 5. The van der Waals surface area contributed by atoms with Crippen LogP contribution in [-0.4, -0.2) is 30.2 Å². The van der Waals surface area contributed by atoms with Crippen LogP contribution >= 0.6 is 0 Å². The summed E-state index contributed by atoms with van der Waals surface area (Å²) < 4.78 is 31.5. The minimum Gasteiger partial charge on any atom is -0.469 e. The molecule has 0 spiro atoms. The summed E-state index contributed by atoms with van der Waals surface area (Å²) in [4.78, 5) is 10.9. The Bertz CT molecular complexity index is 443. The molecule has 150 valence electrons. The van der Waals surface area contributed by atoms with Gasteiger partial charge in [-0.1, -0.05) is 75.8 Å². The first-order valence-electron chi connectivity index (χ1n) is 9.56. The lowest BCUT2D eigenvalue weighted by Crippen LogP contribution is -2.12. The van der Waals surface area contributed by atoms with Gasteiger partial charge in [0.1, 0.15) is 0 Å². The van der Waals surface area contributed by atoms with Gasteiger partial charge in [-0.25, -0.2) is 8.78 Å². The first-order chi connectivity index (χ1) is 12.4. The number of hydrogen-bond donors (Lipinski definition) is 1. The Kier molecular flexibility index (Phi) is 14.8. The van der Waals surface area contributed by atoms with E-state index in [4.69, 9.17) is 0 Å². The fraction of sp³-hybridized carbons (Fsp3) is 0.667. The van der Waals surface area contributed by atoms with Gasteiger partial charge in [-0.3, -0.25) is 4.79 Å². The van der Waals surface area contributed by atoms with E-state index >= 15 is 0 Å². The highest BCUT2D eigenvalue weighted by Gasteiger charge is 2.24. The van der Waals surface area contributed by atoms with Crippen molar-refractivity contribution < 1.29 is 23.4 Å². The lowest BCUT2D eigenvalue weighted by Gasteiger charge is -2.10. The molecule has 5 heteroatoms. The number of aliphatic hydroxyl groups excluding tert-OH is 1. The molecule has 0 radical (unpaired) electrons. The second-order valence-corrected chi connectivity index (χ2v) is 6.44. The molecule has 0 bridgehead atoms. The number of halogens is 2. The van der Waals surface area contributed by atoms with Crippen LogP contribution in [0.4, 0.5) is 8.78 Å². The van der Waals surface area contributed by atoms with E-state index in [1.807, 2.05) is 0 Å². The number of hydrogen-bond acceptors (Lipinski definition) is 3. The summed E-state index contributed by atoms with van der Waals surface area (Å²) in [5, 5.41) is 9.80. The van der Waals surface area contributed by atoms with E-state index in [0.717, 1.165) is 25.3 Å². The number of rotatable bonds is 15. The van der Waals surface area contributed by atoms with Crippen molar-refractivity contribution in [2.24, 2.45) is 0 Å². The summed E-state index contributed by atoms with van der Waals surface area (Å²) in [5.41, 5.74) is 0. The number of methoxy groups -OCH3 is 1. The maximum Gasteiger partial charge on any atom is 0.305 e. The Balaban J connectivity index is 3.91. The minimum atomic E-state index is -2.95. The Morgan fingerprint density at radius 3 is 2.38 bits per heavy atom. The van der Waals surface area contributed by atoms with Gasteiger partial charge in [0, 0.05) is 12.8 Å². The zero-order valence-corrected chi connectivity index (χ0v) is 16.1. The van der Waals surface area contributed by atoms with E-state index in [1.165, 1.54) is 44.9 Å². The summed E-state index contributed by atoms with van der Waals surface area (Å²) in [6.07, 6.45) is 15.6. The van der Waals surface area contributed by atoms with Crippen LogP contribution < -0.4 is 0 Å². The maximum absolute atomic E-state index is 13.5. The first-order valence-corrected chi connectivity index (χ1v) is 9.56. The Hall–Kier alpha value is -1.49. The summed E-state index contributed by atoms with van der Waals surface area (Å²) in [6, 6.07) is 0. The van der Waals surface area contributed by atoms with Gasteiger partial charge in [0.15, 0.2) is 0 Å². The largest absolute Gasteiger partial charge is 0.469 e. The van der Waals surface area contributed by atoms with Crippen molar-refractivity contribution in [2.45, 2.75) is 83.2 Å². The predicted octanol–water partition coefficient (Wildman–Crippen LogP) is 5.75. The number of esters is 1. The van der Waals surface area contributed by atoms with Crippen LogP contribution in [0, 0.1) is 0 Å². The third-order valence-corrected chi connectivity index (χ3v) is 3.98. The van der Waals surface area contributed by atoms with Crippen molar-refractivity contribution in [3.63, 3.8) is 0 Å². The van der Waals surface area contributed by atoms with Crippen molar-refractivity contribution in [1.29, 1.82) is 0 Å². The fourth-order valence-corrected chi connectivity index (χ4v) is 2.40. The van der Waals surface area contributed by atoms with E-state index in [2.05, 4.69) is 11.7 Å². The van der Waals surface area contributed by atoms with E-state index < -0.39 is 18.0 Å². The molecule has 0 fully saturated rings. The molecule has 0 aliphatic heterocycles. The highest BCUT2D eigenvalue weighted by molar-refractivity contribution is 5.69. The van der Waals surface area contributed by atoms with Crippen LogP contribution in [-0.2, 0) is 9.53 Å². The van der Waals surface area contributed by atoms with Gasteiger partial charge < -0.3 is 9.84 Å². The van der Waals surface area contributed by atoms with Gasteiger partial charge >= 0.3 is 5.97 Å². The molecular weight excluding hydrogens is 338 g/mol. The molecule has 0 saturated carbocycles. The second kappa shape index (κ2) is 15.7. The molecule has 0 amide bonds. The minimum absolute atomic E-state index is 0.00496. The van der Waals surface area contributed by atoms with Crippen LogP contribution in [0.1, 0.15) is 71.1 Å². The van der Waals surface area contributed by atoms with Crippen LogP contribution in [0.2, 0.25) is 0 Å². The summed E-state index contributed by atoms with van der Waals surface area (Å²) in [5.74, 6) is -3.42. The monoisotopic (exact) mass is 372 g/mol. The molecule has 3 nitrogen and oxygen atoms in total. The van der Waals surface area contributed by atoms with Gasteiger partial charge in [-0.2, -0.15) is 0 Å². The number of carbonyl (C=O) groups is 1. The number of carbonyl (C=O) groups excluding carboxylic acids is 1. The average Bonchev–Trinajstić information content (AvgIpc) is 2.60. The molecule has 1 atom stereocenters. The third-order valence-electron chi connectivity index (χ3n) is 3.98. The van der Waals surface area contributed by atoms with Gasteiger partial charge in [-0.05, 0) is 18.9 Å². The van der Waals surface area contributed by atoms with Gasteiger partial charge in [0.2, 0.25) is 0 Å². The lowest BCUT2D eigenvalue weighted by atomic mass is 10.1. The second-order valence-electron chi connectivity index (χ2n) is 6.44. The molecule has 1 N–H and O–H groups in total.